The van der Waals surface area contributed by atoms with E-state index in [2.05, 4.69) is 5.32 Å². The molecule has 0 radical (unpaired) electrons. The van der Waals surface area contributed by atoms with Gasteiger partial charge >= 0.3 is 23.7 Å². The molecule has 12 heteroatoms. The van der Waals surface area contributed by atoms with E-state index >= 15 is 0 Å². The zero-order chi connectivity index (χ0) is 25.2. The molecule has 1 aromatic carbocycles. The highest BCUT2D eigenvalue weighted by atomic mass is 16.6. The third kappa shape index (κ3) is 5.45. The summed E-state index contributed by atoms with van der Waals surface area (Å²) in [5, 5.41) is 2.63. The van der Waals surface area contributed by atoms with Gasteiger partial charge < -0.3 is 28.7 Å². The first-order valence-electron chi connectivity index (χ1n) is 10.5. The van der Waals surface area contributed by atoms with E-state index in [9.17, 15) is 24.0 Å². The summed E-state index contributed by atoms with van der Waals surface area (Å²) in [7, 11) is 0. The molecule has 0 unspecified atom stereocenters. The van der Waals surface area contributed by atoms with E-state index < -0.39 is 60.2 Å². The van der Waals surface area contributed by atoms with Crippen molar-refractivity contribution in [1.82, 2.24) is 9.88 Å². The quantitative estimate of drug-likeness (QED) is 0.464. The lowest BCUT2D eigenvalue weighted by Crippen LogP contribution is -2.64. The Kier molecular flexibility index (Phi) is 7.40. The van der Waals surface area contributed by atoms with Gasteiger partial charge in [-0.25, -0.2) is 9.36 Å². The number of carbonyl (C=O) groups excluding carboxylic acids is 4. The predicted molar refractivity (Wildman–Crippen MR) is 114 cm³/mol. The van der Waals surface area contributed by atoms with Crippen LogP contribution in [0, 0.1) is 6.92 Å². The van der Waals surface area contributed by atoms with Crippen LogP contribution in [0.1, 0.15) is 39.5 Å². The number of nitrogens with one attached hydrogen (secondary N) is 1. The Hall–Kier alpha value is -3.67. The third-order valence-electron chi connectivity index (χ3n) is 5.11. The number of carbonyl (C=O) groups is 4. The Morgan fingerprint density at radius 1 is 1.00 bits per heavy atom. The first-order chi connectivity index (χ1) is 16.0. The largest absolute Gasteiger partial charge is 0.463 e. The van der Waals surface area contributed by atoms with E-state index in [0.29, 0.717) is 5.52 Å². The van der Waals surface area contributed by atoms with Gasteiger partial charge in [0, 0.05) is 27.7 Å². The molecule has 0 spiro atoms. The molecular weight excluding hydrogens is 452 g/mol. The minimum absolute atomic E-state index is 0.267. The van der Waals surface area contributed by atoms with E-state index in [0.717, 1.165) is 19.4 Å². The number of hydrogen-bond donors (Lipinski definition) is 1. The third-order valence-corrected chi connectivity index (χ3v) is 5.11. The molecule has 1 aromatic heterocycles. The van der Waals surface area contributed by atoms with Gasteiger partial charge in [-0.05, 0) is 24.6 Å². The molecule has 0 saturated carbocycles. The molecule has 0 aliphatic carbocycles. The summed E-state index contributed by atoms with van der Waals surface area (Å²) in [6, 6.07) is 3.89. The van der Waals surface area contributed by atoms with Gasteiger partial charge in [0.1, 0.15) is 18.8 Å². The van der Waals surface area contributed by atoms with Gasteiger partial charge in [0.05, 0.1) is 5.52 Å². The van der Waals surface area contributed by atoms with E-state index in [1.807, 2.05) is 6.92 Å². The lowest BCUT2D eigenvalue weighted by atomic mass is 9.94. The molecule has 1 saturated heterocycles. The Balaban J connectivity index is 2.19. The van der Waals surface area contributed by atoms with Crippen molar-refractivity contribution in [3.63, 3.8) is 0 Å². The van der Waals surface area contributed by atoms with Gasteiger partial charge in [0.15, 0.2) is 24.0 Å². The monoisotopic (exact) mass is 478 g/mol. The van der Waals surface area contributed by atoms with Gasteiger partial charge in [0.25, 0.3) is 0 Å². The molecule has 184 valence electrons. The number of benzene rings is 1. The Bertz CT molecular complexity index is 1170. The van der Waals surface area contributed by atoms with Crippen LogP contribution in [0.15, 0.2) is 27.4 Å². The molecule has 1 aliphatic rings. The van der Waals surface area contributed by atoms with Crippen LogP contribution in [-0.2, 0) is 38.1 Å². The molecule has 1 aliphatic heterocycles. The lowest BCUT2D eigenvalue weighted by Gasteiger charge is -2.45. The normalized spacial score (nSPS) is 24.3. The van der Waals surface area contributed by atoms with Crippen LogP contribution < -0.4 is 11.1 Å². The fraction of sp³-hybridized carbons (Fsp3) is 0.500. The van der Waals surface area contributed by atoms with Crippen LogP contribution in [-0.4, -0.2) is 59.3 Å². The Morgan fingerprint density at radius 3 is 2.24 bits per heavy atom. The minimum Gasteiger partial charge on any atom is -0.463 e. The fourth-order valence-electron chi connectivity index (χ4n) is 3.91. The number of fused-ring (bicyclic) bond motifs is 1. The molecule has 1 fully saturated rings. The van der Waals surface area contributed by atoms with Crippen LogP contribution >= 0.6 is 0 Å². The molecule has 3 rings (SSSR count). The van der Waals surface area contributed by atoms with E-state index in [-0.39, 0.29) is 12.2 Å². The van der Waals surface area contributed by atoms with Crippen molar-refractivity contribution >= 4 is 34.9 Å². The number of aromatic nitrogens is 1. The van der Waals surface area contributed by atoms with Crippen LogP contribution in [0.4, 0.5) is 0 Å². The standard InChI is InChI=1S/C22H26N2O10/c1-10-6-7-16-15(8-10)24(22(29)34-16)21-18(23-11(2)25)20(32-14(5)28)19(31-13(4)27)17(33-21)9-30-12(3)26/h6-8,17-21H,9H2,1-5H3,(H,23,25)/t17-,18+,19+,20-,21+/m1/s1. The van der Waals surface area contributed by atoms with Gasteiger partial charge in [-0.15, -0.1) is 0 Å². The molecule has 12 nitrogen and oxygen atoms in total. The molecule has 0 bridgehead atoms. The number of aryl methyl sites for hydroxylation is 1. The second-order valence-electron chi connectivity index (χ2n) is 7.95. The Morgan fingerprint density at radius 2 is 1.65 bits per heavy atom. The summed E-state index contributed by atoms with van der Waals surface area (Å²) in [5.74, 6) is -3.39. The van der Waals surface area contributed by atoms with Crippen molar-refractivity contribution in [3.8, 4) is 0 Å². The van der Waals surface area contributed by atoms with Crippen molar-refractivity contribution in [2.24, 2.45) is 0 Å². The second-order valence-corrected chi connectivity index (χ2v) is 7.95. The summed E-state index contributed by atoms with van der Waals surface area (Å²) in [6.45, 7) is 6.14. The average molecular weight is 478 g/mol. The van der Waals surface area contributed by atoms with Gasteiger partial charge in [-0.1, -0.05) is 6.07 Å². The first-order valence-corrected chi connectivity index (χ1v) is 10.5. The van der Waals surface area contributed by atoms with Crippen LogP contribution in [0.2, 0.25) is 0 Å². The number of esters is 3. The average Bonchev–Trinajstić information content (AvgIpc) is 3.03. The first kappa shape index (κ1) is 25.0. The van der Waals surface area contributed by atoms with Crippen molar-refractivity contribution in [3.05, 3.63) is 34.3 Å². The Labute approximate surface area is 194 Å². The SMILES string of the molecule is CC(=O)N[C@H]1[C@@H](OC(C)=O)[C@@H](OC(C)=O)[C@@H](COC(C)=O)O[C@@H]1n1c(=O)oc2ccc(C)cc21. The van der Waals surface area contributed by atoms with Crippen molar-refractivity contribution in [2.75, 3.05) is 6.61 Å². The smallest absolute Gasteiger partial charge is 0.422 e. The number of oxazole rings is 1. The maximum Gasteiger partial charge on any atom is 0.422 e. The summed E-state index contributed by atoms with van der Waals surface area (Å²) < 4.78 is 28.5. The van der Waals surface area contributed by atoms with Crippen molar-refractivity contribution < 1.29 is 42.5 Å². The molecule has 34 heavy (non-hydrogen) atoms. The summed E-state index contributed by atoms with van der Waals surface area (Å²) in [4.78, 5) is 60.2. The fourth-order valence-corrected chi connectivity index (χ4v) is 3.91. The second kappa shape index (κ2) is 10.1. The topological polar surface area (TPSA) is 152 Å². The number of nitrogens with zero attached hydrogens (tertiary/aromatic N) is 1. The van der Waals surface area contributed by atoms with Crippen LogP contribution in [0.3, 0.4) is 0 Å². The minimum atomic E-state index is -1.29. The highest BCUT2D eigenvalue weighted by molar-refractivity contribution is 5.75. The van der Waals surface area contributed by atoms with Gasteiger partial charge in [0.2, 0.25) is 5.91 Å². The highest BCUT2D eigenvalue weighted by Crippen LogP contribution is 2.34. The zero-order valence-electron chi connectivity index (χ0n) is 19.4. The summed E-state index contributed by atoms with van der Waals surface area (Å²) in [6.07, 6.45) is -4.96. The molecule has 5 atom stereocenters. The lowest BCUT2D eigenvalue weighted by molar-refractivity contribution is -0.237. The van der Waals surface area contributed by atoms with Crippen molar-refractivity contribution in [1.29, 1.82) is 0 Å². The molecule has 1 N–H and O–H groups in total. The molecular formula is C22H26N2O10. The molecule has 2 heterocycles. The van der Waals surface area contributed by atoms with E-state index in [1.165, 1.54) is 18.4 Å². The zero-order valence-corrected chi connectivity index (χ0v) is 19.4. The maximum absolute atomic E-state index is 12.9. The summed E-state index contributed by atoms with van der Waals surface area (Å²) in [5.41, 5.74) is 1.45. The number of rotatable bonds is 6. The molecule has 2 aromatic rings. The maximum atomic E-state index is 12.9. The predicted octanol–water partition coefficient (Wildman–Crippen LogP) is 0.732. The number of amides is 1. The van der Waals surface area contributed by atoms with Gasteiger partial charge in [-0.2, -0.15) is 0 Å². The van der Waals surface area contributed by atoms with Crippen molar-refractivity contribution in [2.45, 2.75) is 65.2 Å². The van der Waals surface area contributed by atoms with Crippen LogP contribution in [0.25, 0.3) is 11.1 Å². The van der Waals surface area contributed by atoms with E-state index in [4.69, 9.17) is 23.4 Å². The van der Waals surface area contributed by atoms with E-state index in [1.54, 1.807) is 18.2 Å². The number of ether oxygens (including phenoxy) is 4. The van der Waals surface area contributed by atoms with Gasteiger partial charge in [-0.3, -0.25) is 19.2 Å². The number of hydrogen-bond acceptors (Lipinski definition) is 10. The molecule has 1 amide bonds. The van der Waals surface area contributed by atoms with Crippen LogP contribution in [0.5, 0.6) is 0 Å². The highest BCUT2D eigenvalue weighted by Gasteiger charge is 2.52. The summed E-state index contributed by atoms with van der Waals surface area (Å²) >= 11 is 0.